The Hall–Kier alpha value is -0.510. The van der Waals surface area contributed by atoms with Gasteiger partial charge < -0.3 is 0 Å². The van der Waals surface area contributed by atoms with E-state index in [1.54, 1.807) is 0 Å². The zero-order chi connectivity index (χ0) is 7.83. The maximum absolute atomic E-state index is 8.87. The van der Waals surface area contributed by atoms with Crippen LogP contribution in [0.4, 0.5) is 0 Å². The van der Waals surface area contributed by atoms with Gasteiger partial charge in [0.1, 0.15) is 0 Å². The van der Waals surface area contributed by atoms with Crippen LogP contribution in [0.3, 0.4) is 0 Å². The van der Waals surface area contributed by atoms with Crippen LogP contribution in [0.2, 0.25) is 0 Å². The van der Waals surface area contributed by atoms with E-state index >= 15 is 0 Å². The highest BCUT2D eigenvalue weighted by molar-refractivity contribution is 5.16. The molecule has 0 aliphatic heterocycles. The van der Waals surface area contributed by atoms with Crippen molar-refractivity contribution >= 4 is 0 Å². The molecule has 1 fully saturated rings. The third-order valence-corrected chi connectivity index (χ3v) is 3.14. The lowest BCUT2D eigenvalue weighted by molar-refractivity contribution is 0.235. The second-order valence-corrected chi connectivity index (χ2v) is 3.93. The summed E-state index contributed by atoms with van der Waals surface area (Å²) in [5, 5.41) is 8.87. The smallest absolute Gasteiger partial charge is 0.0695 e. The van der Waals surface area contributed by atoms with Gasteiger partial charge in [-0.25, -0.2) is 0 Å². The monoisotopic (exact) mass is 137 g/mol. The Morgan fingerprint density at radius 1 is 1.50 bits per heavy atom. The molecule has 0 spiro atoms. The van der Waals surface area contributed by atoms with E-state index in [1.165, 1.54) is 0 Å². The van der Waals surface area contributed by atoms with Gasteiger partial charge >= 0.3 is 0 Å². The molecule has 1 aliphatic rings. The van der Waals surface area contributed by atoms with Crippen molar-refractivity contribution in [1.29, 1.82) is 5.26 Å². The normalized spacial score (nSPS) is 21.8. The highest BCUT2D eigenvalue weighted by Gasteiger charge is 2.53. The average molecular weight is 137 g/mol. The Morgan fingerprint density at radius 3 is 2.10 bits per heavy atom. The van der Waals surface area contributed by atoms with Gasteiger partial charge in [-0.1, -0.05) is 20.8 Å². The summed E-state index contributed by atoms with van der Waals surface area (Å²) >= 11 is 0. The Morgan fingerprint density at radius 2 is 2.00 bits per heavy atom. The lowest BCUT2D eigenvalue weighted by atomic mass is 9.75. The van der Waals surface area contributed by atoms with Gasteiger partial charge in [-0.2, -0.15) is 5.26 Å². The minimum Gasteiger partial charge on any atom is -0.198 e. The molecular weight excluding hydrogens is 122 g/mol. The molecule has 0 aromatic heterocycles. The highest BCUT2D eigenvalue weighted by Crippen LogP contribution is 2.59. The molecule has 0 amide bonds. The first kappa shape index (κ1) is 7.60. The fourth-order valence-corrected chi connectivity index (χ4v) is 1.40. The van der Waals surface area contributed by atoms with Gasteiger partial charge in [-0.05, 0) is 24.7 Å². The van der Waals surface area contributed by atoms with Gasteiger partial charge in [0.2, 0.25) is 0 Å². The largest absolute Gasteiger partial charge is 0.198 e. The summed E-state index contributed by atoms with van der Waals surface area (Å²) in [5.74, 6) is 0. The maximum atomic E-state index is 8.87. The maximum Gasteiger partial charge on any atom is 0.0695 e. The third-order valence-electron chi connectivity index (χ3n) is 3.14. The molecule has 0 saturated heterocycles. The molecule has 0 atom stereocenters. The van der Waals surface area contributed by atoms with Crippen LogP contribution in [0.1, 0.15) is 40.0 Å². The van der Waals surface area contributed by atoms with Gasteiger partial charge in [0.05, 0.1) is 11.5 Å². The van der Waals surface area contributed by atoms with Gasteiger partial charge in [0.15, 0.2) is 0 Å². The number of nitrogens with zero attached hydrogens (tertiary/aromatic N) is 1. The number of hydrogen-bond donors (Lipinski definition) is 0. The second kappa shape index (κ2) is 1.99. The van der Waals surface area contributed by atoms with Crippen LogP contribution >= 0.6 is 0 Å². The van der Waals surface area contributed by atoms with Crippen molar-refractivity contribution in [3.63, 3.8) is 0 Å². The SMILES string of the molecule is CCC(C)(C)C1(C#N)CC1. The predicted octanol–water partition coefficient (Wildman–Crippen LogP) is 2.73. The summed E-state index contributed by atoms with van der Waals surface area (Å²) in [5.41, 5.74) is 0.281. The number of nitriles is 1. The van der Waals surface area contributed by atoms with Crippen LogP contribution in [-0.4, -0.2) is 0 Å². The summed E-state index contributed by atoms with van der Waals surface area (Å²) in [6.45, 7) is 6.56. The molecule has 0 unspecified atom stereocenters. The molecule has 0 aromatic carbocycles. The van der Waals surface area contributed by atoms with Crippen LogP contribution in [-0.2, 0) is 0 Å². The van der Waals surface area contributed by atoms with Gasteiger partial charge in [-0.3, -0.25) is 0 Å². The topological polar surface area (TPSA) is 23.8 Å². The Kier molecular flexibility index (Phi) is 1.51. The summed E-state index contributed by atoms with van der Waals surface area (Å²) in [4.78, 5) is 0. The van der Waals surface area contributed by atoms with Gasteiger partial charge in [0, 0.05) is 0 Å². The molecule has 0 heterocycles. The summed E-state index contributed by atoms with van der Waals surface area (Å²) in [6, 6.07) is 2.44. The van der Waals surface area contributed by atoms with Gasteiger partial charge in [0.25, 0.3) is 0 Å². The summed E-state index contributed by atoms with van der Waals surface area (Å²) in [7, 11) is 0. The number of hydrogen-bond acceptors (Lipinski definition) is 1. The Labute approximate surface area is 63.0 Å². The first-order valence-corrected chi connectivity index (χ1v) is 3.99. The van der Waals surface area contributed by atoms with Crippen molar-refractivity contribution in [3.8, 4) is 6.07 Å². The molecule has 1 rings (SSSR count). The van der Waals surface area contributed by atoms with Crippen LogP contribution in [0, 0.1) is 22.2 Å². The molecule has 1 heteroatoms. The average Bonchev–Trinajstić information content (AvgIpc) is 2.67. The molecule has 10 heavy (non-hydrogen) atoms. The lowest BCUT2D eigenvalue weighted by Crippen LogP contribution is -2.22. The number of rotatable bonds is 2. The van der Waals surface area contributed by atoms with E-state index in [4.69, 9.17) is 5.26 Å². The van der Waals surface area contributed by atoms with E-state index in [0.717, 1.165) is 19.3 Å². The van der Waals surface area contributed by atoms with Crippen LogP contribution < -0.4 is 0 Å². The first-order valence-electron chi connectivity index (χ1n) is 3.99. The molecule has 56 valence electrons. The zero-order valence-corrected chi connectivity index (χ0v) is 7.07. The van der Waals surface area contributed by atoms with E-state index in [2.05, 4.69) is 26.8 Å². The minimum absolute atomic E-state index is 0.0434. The standard InChI is InChI=1S/C9H15N/c1-4-8(2,3)9(7-10)5-6-9/h4-6H2,1-3H3. The van der Waals surface area contributed by atoms with E-state index in [0.29, 0.717) is 0 Å². The molecule has 0 bridgehead atoms. The summed E-state index contributed by atoms with van der Waals surface area (Å²) in [6.07, 6.45) is 3.34. The molecule has 1 aliphatic carbocycles. The predicted molar refractivity (Wildman–Crippen MR) is 41.4 cm³/mol. The van der Waals surface area contributed by atoms with Crippen molar-refractivity contribution < 1.29 is 0 Å². The van der Waals surface area contributed by atoms with Crippen LogP contribution in [0.25, 0.3) is 0 Å². The third kappa shape index (κ3) is 0.831. The quantitative estimate of drug-likeness (QED) is 0.574. The molecular formula is C9H15N. The molecule has 1 saturated carbocycles. The minimum atomic E-state index is 0.0434. The lowest BCUT2D eigenvalue weighted by Gasteiger charge is -2.27. The molecule has 0 radical (unpaired) electrons. The van der Waals surface area contributed by atoms with Gasteiger partial charge in [-0.15, -0.1) is 0 Å². The fraction of sp³-hybridized carbons (Fsp3) is 0.889. The van der Waals surface area contributed by atoms with E-state index in [-0.39, 0.29) is 10.8 Å². The highest BCUT2D eigenvalue weighted by atomic mass is 14.6. The molecule has 0 N–H and O–H groups in total. The van der Waals surface area contributed by atoms with E-state index < -0.39 is 0 Å². The van der Waals surface area contributed by atoms with Crippen LogP contribution in [0.5, 0.6) is 0 Å². The molecule has 0 aromatic rings. The zero-order valence-electron chi connectivity index (χ0n) is 7.07. The van der Waals surface area contributed by atoms with E-state index in [1.807, 2.05) is 0 Å². The Balaban J connectivity index is 2.74. The van der Waals surface area contributed by atoms with Crippen molar-refractivity contribution in [3.05, 3.63) is 0 Å². The van der Waals surface area contributed by atoms with Crippen molar-refractivity contribution in [2.45, 2.75) is 40.0 Å². The molecule has 1 nitrogen and oxygen atoms in total. The van der Waals surface area contributed by atoms with E-state index in [9.17, 15) is 0 Å². The first-order chi connectivity index (χ1) is 4.58. The van der Waals surface area contributed by atoms with Crippen molar-refractivity contribution in [2.24, 2.45) is 10.8 Å². The fourth-order valence-electron chi connectivity index (χ4n) is 1.40. The summed E-state index contributed by atoms with van der Waals surface area (Å²) < 4.78 is 0. The second-order valence-electron chi connectivity index (χ2n) is 3.93. The van der Waals surface area contributed by atoms with Crippen LogP contribution in [0.15, 0.2) is 0 Å². The Bertz CT molecular complexity index is 170. The van der Waals surface area contributed by atoms with Crippen molar-refractivity contribution in [1.82, 2.24) is 0 Å². The van der Waals surface area contributed by atoms with Crippen molar-refractivity contribution in [2.75, 3.05) is 0 Å².